The van der Waals surface area contributed by atoms with Crippen LogP contribution in [0.5, 0.6) is 0 Å². The molecule has 0 fully saturated rings. The molecule has 2 aromatic rings. The van der Waals surface area contributed by atoms with Crippen molar-refractivity contribution in [2.75, 3.05) is 0 Å². The van der Waals surface area contributed by atoms with Crippen LogP contribution in [0, 0.1) is 10.1 Å². The number of aromatic nitrogens is 1. The molecule has 0 amide bonds. The molecule has 0 unspecified atom stereocenters. The SMILES string of the molecule is O=[N+]([O-])c1scc(Br)c1-c1ccc[nH]1. The van der Waals surface area contributed by atoms with Crippen LogP contribution in [0.2, 0.25) is 0 Å². The molecule has 0 radical (unpaired) electrons. The summed E-state index contributed by atoms with van der Waals surface area (Å²) in [5.41, 5.74) is 1.37. The van der Waals surface area contributed by atoms with E-state index < -0.39 is 0 Å². The number of nitro groups is 1. The van der Waals surface area contributed by atoms with E-state index in [1.165, 1.54) is 0 Å². The molecule has 0 aliphatic heterocycles. The van der Waals surface area contributed by atoms with Gasteiger partial charge in [0, 0.05) is 16.0 Å². The number of nitrogens with zero attached hydrogens (tertiary/aromatic N) is 1. The molecule has 0 saturated heterocycles. The van der Waals surface area contributed by atoms with Crippen LogP contribution in [0.25, 0.3) is 11.3 Å². The molecule has 0 aliphatic carbocycles. The van der Waals surface area contributed by atoms with E-state index in [2.05, 4.69) is 20.9 Å². The van der Waals surface area contributed by atoms with E-state index in [-0.39, 0.29) is 9.92 Å². The maximum absolute atomic E-state index is 10.7. The molecular formula is C8H5BrN2O2S. The molecule has 0 bridgehead atoms. The molecule has 72 valence electrons. The van der Waals surface area contributed by atoms with E-state index in [9.17, 15) is 10.1 Å². The van der Waals surface area contributed by atoms with Crippen molar-refractivity contribution in [3.05, 3.63) is 38.3 Å². The Morgan fingerprint density at radius 2 is 2.36 bits per heavy atom. The summed E-state index contributed by atoms with van der Waals surface area (Å²) in [6.07, 6.45) is 1.74. The predicted molar refractivity (Wildman–Crippen MR) is 58.5 cm³/mol. The third kappa shape index (κ3) is 1.46. The minimum Gasteiger partial charge on any atom is -0.361 e. The molecule has 2 heterocycles. The monoisotopic (exact) mass is 272 g/mol. The summed E-state index contributed by atoms with van der Waals surface area (Å²) in [6.45, 7) is 0. The Hall–Kier alpha value is -1.14. The van der Waals surface area contributed by atoms with Gasteiger partial charge in [-0.25, -0.2) is 0 Å². The zero-order valence-electron chi connectivity index (χ0n) is 6.86. The summed E-state index contributed by atoms with van der Waals surface area (Å²) in [5, 5.41) is 12.6. The lowest BCUT2D eigenvalue weighted by molar-refractivity contribution is -0.379. The largest absolute Gasteiger partial charge is 0.361 e. The first-order valence-electron chi connectivity index (χ1n) is 3.75. The van der Waals surface area contributed by atoms with Crippen LogP contribution in [0.3, 0.4) is 0 Å². The third-order valence-electron chi connectivity index (χ3n) is 1.76. The Kier molecular flexibility index (Phi) is 2.39. The van der Waals surface area contributed by atoms with Crippen molar-refractivity contribution < 1.29 is 4.92 Å². The number of rotatable bonds is 2. The molecular weight excluding hydrogens is 268 g/mol. The van der Waals surface area contributed by atoms with E-state index >= 15 is 0 Å². The van der Waals surface area contributed by atoms with Crippen LogP contribution in [0.15, 0.2) is 28.2 Å². The third-order valence-corrected chi connectivity index (χ3v) is 3.62. The lowest BCUT2D eigenvalue weighted by Gasteiger charge is -1.94. The van der Waals surface area contributed by atoms with Crippen LogP contribution in [-0.2, 0) is 0 Å². The molecule has 0 spiro atoms. The summed E-state index contributed by atoms with van der Waals surface area (Å²) in [4.78, 5) is 13.3. The standard InChI is InChI=1S/C8H5BrN2O2S/c9-5-4-14-8(11(12)13)7(5)6-2-1-3-10-6/h1-4,10H. The summed E-state index contributed by atoms with van der Waals surface area (Å²) in [5.74, 6) is 0. The Morgan fingerprint density at radius 3 is 2.93 bits per heavy atom. The molecule has 0 atom stereocenters. The van der Waals surface area contributed by atoms with Gasteiger partial charge in [0.15, 0.2) is 0 Å². The maximum atomic E-state index is 10.7. The molecule has 0 aromatic carbocycles. The summed E-state index contributed by atoms with van der Waals surface area (Å²) >= 11 is 4.41. The highest BCUT2D eigenvalue weighted by Gasteiger charge is 2.21. The molecule has 1 N–H and O–H groups in total. The molecule has 2 rings (SSSR count). The Bertz CT molecular complexity index is 464. The molecule has 0 saturated carbocycles. The van der Waals surface area contributed by atoms with Crippen molar-refractivity contribution >= 4 is 32.3 Å². The van der Waals surface area contributed by atoms with Gasteiger partial charge in [0.05, 0.1) is 10.6 Å². The topological polar surface area (TPSA) is 58.9 Å². The van der Waals surface area contributed by atoms with Gasteiger partial charge in [-0.2, -0.15) is 0 Å². The number of halogens is 1. The average molecular weight is 273 g/mol. The van der Waals surface area contributed by atoms with Crippen molar-refractivity contribution in [1.29, 1.82) is 0 Å². The molecule has 2 aromatic heterocycles. The van der Waals surface area contributed by atoms with Gasteiger partial charge in [0.2, 0.25) is 0 Å². The second-order valence-corrected chi connectivity index (χ2v) is 4.32. The highest BCUT2D eigenvalue weighted by Crippen LogP contribution is 2.40. The predicted octanol–water partition coefficient (Wildman–Crippen LogP) is 3.41. The fraction of sp³-hybridized carbons (Fsp3) is 0. The van der Waals surface area contributed by atoms with E-state index in [0.717, 1.165) is 21.5 Å². The van der Waals surface area contributed by atoms with Crippen LogP contribution in [0.1, 0.15) is 0 Å². The lowest BCUT2D eigenvalue weighted by atomic mass is 10.2. The van der Waals surface area contributed by atoms with Gasteiger partial charge >= 0.3 is 5.00 Å². The second kappa shape index (κ2) is 3.55. The van der Waals surface area contributed by atoms with E-state index in [0.29, 0.717) is 5.56 Å². The molecule has 0 aliphatic rings. The van der Waals surface area contributed by atoms with Crippen molar-refractivity contribution in [2.24, 2.45) is 0 Å². The Balaban J connectivity index is 2.62. The molecule has 14 heavy (non-hydrogen) atoms. The van der Waals surface area contributed by atoms with Crippen LogP contribution in [-0.4, -0.2) is 9.91 Å². The van der Waals surface area contributed by atoms with Gasteiger partial charge < -0.3 is 4.98 Å². The fourth-order valence-electron chi connectivity index (χ4n) is 1.19. The first kappa shape index (κ1) is 9.42. The summed E-state index contributed by atoms with van der Waals surface area (Å²) in [7, 11) is 0. The van der Waals surface area contributed by atoms with E-state index in [1.54, 1.807) is 17.6 Å². The normalized spacial score (nSPS) is 10.4. The summed E-state index contributed by atoms with van der Waals surface area (Å²) in [6, 6.07) is 3.61. The van der Waals surface area contributed by atoms with Crippen LogP contribution in [0.4, 0.5) is 5.00 Å². The average Bonchev–Trinajstić information content (AvgIpc) is 2.71. The Morgan fingerprint density at radius 1 is 1.57 bits per heavy atom. The van der Waals surface area contributed by atoms with Crippen molar-refractivity contribution in [3.8, 4) is 11.3 Å². The molecule has 6 heteroatoms. The zero-order chi connectivity index (χ0) is 10.1. The minimum absolute atomic E-state index is 0.152. The van der Waals surface area contributed by atoms with Gasteiger partial charge in [-0.15, -0.1) is 0 Å². The van der Waals surface area contributed by atoms with Gasteiger partial charge in [-0.1, -0.05) is 11.3 Å². The maximum Gasteiger partial charge on any atom is 0.334 e. The summed E-state index contributed by atoms with van der Waals surface area (Å²) < 4.78 is 0.747. The van der Waals surface area contributed by atoms with Gasteiger partial charge in [0.25, 0.3) is 0 Å². The van der Waals surface area contributed by atoms with Crippen LogP contribution < -0.4 is 0 Å². The highest BCUT2D eigenvalue weighted by molar-refractivity contribution is 9.10. The van der Waals surface area contributed by atoms with Gasteiger partial charge in [-0.3, -0.25) is 10.1 Å². The van der Waals surface area contributed by atoms with E-state index in [4.69, 9.17) is 0 Å². The van der Waals surface area contributed by atoms with Crippen molar-refractivity contribution in [2.45, 2.75) is 0 Å². The van der Waals surface area contributed by atoms with Gasteiger partial charge in [0.1, 0.15) is 5.56 Å². The fourth-order valence-corrected chi connectivity index (χ4v) is 2.76. The number of H-pyrrole nitrogens is 1. The smallest absolute Gasteiger partial charge is 0.334 e. The van der Waals surface area contributed by atoms with Crippen LogP contribution >= 0.6 is 27.3 Å². The number of nitrogens with one attached hydrogen (secondary N) is 1. The number of hydrogen-bond acceptors (Lipinski definition) is 3. The van der Waals surface area contributed by atoms with Crippen molar-refractivity contribution in [3.63, 3.8) is 0 Å². The molecule has 4 nitrogen and oxygen atoms in total. The number of aromatic amines is 1. The first-order chi connectivity index (χ1) is 6.70. The lowest BCUT2D eigenvalue weighted by Crippen LogP contribution is -1.87. The van der Waals surface area contributed by atoms with Crippen molar-refractivity contribution in [1.82, 2.24) is 4.98 Å². The minimum atomic E-state index is -0.369. The van der Waals surface area contributed by atoms with E-state index in [1.807, 2.05) is 6.07 Å². The Labute approximate surface area is 91.9 Å². The first-order valence-corrected chi connectivity index (χ1v) is 5.42. The number of hydrogen-bond donors (Lipinski definition) is 1. The second-order valence-electron chi connectivity index (χ2n) is 2.60. The van der Waals surface area contributed by atoms with Gasteiger partial charge in [-0.05, 0) is 28.1 Å². The zero-order valence-corrected chi connectivity index (χ0v) is 9.26. The highest BCUT2D eigenvalue weighted by atomic mass is 79.9. The quantitative estimate of drug-likeness (QED) is 0.673. The number of thiophene rings is 1.